The maximum Gasteiger partial charge on any atom is 0.337 e. The fourth-order valence-electron chi connectivity index (χ4n) is 3.48. The third-order valence-corrected chi connectivity index (χ3v) is 5.12. The van der Waals surface area contributed by atoms with E-state index in [-0.39, 0.29) is 23.8 Å². The highest BCUT2D eigenvalue weighted by atomic mass is 16.5. The van der Waals surface area contributed by atoms with Gasteiger partial charge in [0, 0.05) is 6.04 Å². The number of aromatic nitrogens is 4. The number of carbonyl (C=O) groups excluding carboxylic acids is 1. The Morgan fingerprint density at radius 1 is 1.29 bits per heavy atom. The Balaban J connectivity index is 2.06. The summed E-state index contributed by atoms with van der Waals surface area (Å²) in [5.74, 6) is -0.451. The van der Waals surface area contributed by atoms with Gasteiger partial charge in [0.1, 0.15) is 6.04 Å². The summed E-state index contributed by atoms with van der Waals surface area (Å²) in [4.78, 5) is 43.0. The maximum atomic E-state index is 13.2. The lowest BCUT2D eigenvalue weighted by molar-refractivity contribution is -0.146. The molecular formula is C20H22N4O4. The van der Waals surface area contributed by atoms with Gasteiger partial charge < -0.3 is 9.30 Å². The predicted octanol–water partition coefficient (Wildman–Crippen LogP) is 2.12. The molecule has 1 atom stereocenters. The number of imidazole rings is 1. The number of para-hydroxylation sites is 1. The van der Waals surface area contributed by atoms with E-state index < -0.39 is 23.3 Å². The molecule has 3 aromatic rings. The molecule has 1 aromatic carbocycles. The van der Waals surface area contributed by atoms with Crippen LogP contribution >= 0.6 is 0 Å². The van der Waals surface area contributed by atoms with Crippen molar-refractivity contribution in [2.75, 3.05) is 6.61 Å². The first-order valence-electron chi connectivity index (χ1n) is 9.42. The summed E-state index contributed by atoms with van der Waals surface area (Å²) in [6.07, 6.45) is 3.01. The van der Waals surface area contributed by atoms with Gasteiger partial charge in [-0.05, 0) is 45.2 Å². The second-order valence-corrected chi connectivity index (χ2v) is 7.06. The molecule has 8 heteroatoms. The minimum absolute atomic E-state index is 0.110. The molecule has 1 aliphatic carbocycles. The van der Waals surface area contributed by atoms with Gasteiger partial charge in [-0.25, -0.2) is 19.1 Å². The molecule has 28 heavy (non-hydrogen) atoms. The van der Waals surface area contributed by atoms with Crippen LogP contribution in [0.2, 0.25) is 0 Å². The van der Waals surface area contributed by atoms with Gasteiger partial charge in [0.05, 0.1) is 18.6 Å². The lowest BCUT2D eigenvalue weighted by Crippen LogP contribution is -2.40. The third-order valence-electron chi connectivity index (χ3n) is 5.12. The second-order valence-electron chi connectivity index (χ2n) is 7.06. The van der Waals surface area contributed by atoms with Crippen molar-refractivity contribution in [2.45, 2.75) is 45.7 Å². The van der Waals surface area contributed by atoms with Crippen molar-refractivity contribution in [2.24, 2.45) is 0 Å². The van der Waals surface area contributed by atoms with Crippen LogP contribution in [0.15, 0.2) is 40.2 Å². The SMILES string of the molecule is CCOC(=O)[C@H](C)n1cnc2c1c(=O)n(C1CC1)c(=O)n2-c1ccccc1C. The fraction of sp³-hybridized carbons (Fsp3) is 0.400. The van der Waals surface area contributed by atoms with Crippen LogP contribution in [-0.4, -0.2) is 31.3 Å². The molecular weight excluding hydrogens is 360 g/mol. The Bertz CT molecular complexity index is 1180. The molecule has 146 valence electrons. The first-order valence-corrected chi connectivity index (χ1v) is 9.42. The highest BCUT2D eigenvalue weighted by molar-refractivity contribution is 5.79. The van der Waals surface area contributed by atoms with E-state index in [0.29, 0.717) is 5.69 Å². The lowest BCUT2D eigenvalue weighted by Gasteiger charge is -2.16. The maximum absolute atomic E-state index is 13.2. The van der Waals surface area contributed by atoms with Crippen LogP contribution in [0, 0.1) is 6.92 Å². The van der Waals surface area contributed by atoms with Crippen molar-refractivity contribution >= 4 is 17.1 Å². The third kappa shape index (κ3) is 2.76. The number of rotatable bonds is 5. The molecule has 2 aromatic heterocycles. The van der Waals surface area contributed by atoms with Gasteiger partial charge in [-0.1, -0.05) is 18.2 Å². The zero-order valence-corrected chi connectivity index (χ0v) is 16.1. The van der Waals surface area contributed by atoms with E-state index >= 15 is 0 Å². The van der Waals surface area contributed by atoms with Gasteiger partial charge in [-0.15, -0.1) is 0 Å². The average molecular weight is 382 g/mol. The fourth-order valence-corrected chi connectivity index (χ4v) is 3.48. The summed E-state index contributed by atoms with van der Waals surface area (Å²) in [6, 6.07) is 6.61. The molecule has 8 nitrogen and oxygen atoms in total. The normalized spacial score (nSPS) is 15.0. The van der Waals surface area contributed by atoms with Crippen molar-refractivity contribution in [1.29, 1.82) is 0 Å². The molecule has 0 bridgehead atoms. The van der Waals surface area contributed by atoms with Crippen molar-refractivity contribution in [3.63, 3.8) is 0 Å². The molecule has 0 aliphatic heterocycles. The summed E-state index contributed by atoms with van der Waals surface area (Å²) < 4.78 is 9.37. The monoisotopic (exact) mass is 382 g/mol. The number of ether oxygens (including phenoxy) is 1. The smallest absolute Gasteiger partial charge is 0.337 e. The van der Waals surface area contributed by atoms with Crippen molar-refractivity contribution in [3.8, 4) is 5.69 Å². The largest absolute Gasteiger partial charge is 0.464 e. The molecule has 0 amide bonds. The van der Waals surface area contributed by atoms with Gasteiger partial charge in [-0.2, -0.15) is 0 Å². The quantitative estimate of drug-likeness (QED) is 0.631. The van der Waals surface area contributed by atoms with Gasteiger partial charge in [0.25, 0.3) is 5.56 Å². The molecule has 2 heterocycles. The van der Waals surface area contributed by atoms with Gasteiger partial charge >= 0.3 is 11.7 Å². The minimum atomic E-state index is -0.729. The summed E-state index contributed by atoms with van der Waals surface area (Å²) in [6.45, 7) is 5.53. The molecule has 0 radical (unpaired) electrons. The first kappa shape index (κ1) is 18.2. The van der Waals surface area contributed by atoms with E-state index in [1.54, 1.807) is 13.8 Å². The summed E-state index contributed by atoms with van der Waals surface area (Å²) in [7, 11) is 0. The molecule has 0 unspecified atom stereocenters. The van der Waals surface area contributed by atoms with Crippen molar-refractivity contribution < 1.29 is 9.53 Å². The standard InChI is InChI=1S/C20H22N4O4/c1-4-28-19(26)13(3)22-11-21-17-16(22)18(25)23(14-9-10-14)20(27)24(17)15-8-6-5-7-12(15)2/h5-8,11,13-14H,4,9-10H2,1-3H3/t13-/m0/s1. The number of hydrogen-bond acceptors (Lipinski definition) is 5. The molecule has 1 fully saturated rings. The van der Waals surface area contributed by atoms with Gasteiger partial charge in [-0.3, -0.25) is 9.36 Å². The van der Waals surface area contributed by atoms with Crippen LogP contribution in [0.3, 0.4) is 0 Å². The van der Waals surface area contributed by atoms with Crippen LogP contribution in [0.25, 0.3) is 16.9 Å². The number of nitrogens with zero attached hydrogens (tertiary/aromatic N) is 4. The van der Waals surface area contributed by atoms with Crippen molar-refractivity contribution in [3.05, 3.63) is 57.0 Å². The van der Waals surface area contributed by atoms with Crippen LogP contribution in [0.4, 0.5) is 0 Å². The van der Waals surface area contributed by atoms with E-state index in [0.717, 1.165) is 18.4 Å². The van der Waals surface area contributed by atoms with E-state index in [1.807, 2.05) is 31.2 Å². The predicted molar refractivity (Wildman–Crippen MR) is 104 cm³/mol. The highest BCUT2D eigenvalue weighted by Gasteiger charge is 2.32. The molecule has 1 saturated carbocycles. The van der Waals surface area contributed by atoms with Crippen LogP contribution in [-0.2, 0) is 9.53 Å². The number of esters is 1. The Labute approximate surface area is 161 Å². The summed E-state index contributed by atoms with van der Waals surface area (Å²) in [5.41, 5.74) is 1.22. The molecule has 0 N–H and O–H groups in total. The Morgan fingerprint density at radius 2 is 2.00 bits per heavy atom. The van der Waals surface area contributed by atoms with E-state index in [9.17, 15) is 14.4 Å². The van der Waals surface area contributed by atoms with Crippen LogP contribution in [0.1, 0.15) is 44.3 Å². The van der Waals surface area contributed by atoms with Gasteiger partial charge in [0.2, 0.25) is 0 Å². The van der Waals surface area contributed by atoms with E-state index in [1.165, 1.54) is 20.0 Å². The molecule has 4 rings (SSSR count). The number of hydrogen-bond donors (Lipinski definition) is 0. The molecule has 0 saturated heterocycles. The highest BCUT2D eigenvalue weighted by Crippen LogP contribution is 2.33. The second kappa shape index (κ2) is 6.78. The van der Waals surface area contributed by atoms with E-state index in [2.05, 4.69) is 4.98 Å². The van der Waals surface area contributed by atoms with Crippen LogP contribution < -0.4 is 11.2 Å². The number of aryl methyl sites for hydroxylation is 1. The van der Waals surface area contributed by atoms with E-state index in [4.69, 9.17) is 4.74 Å². The first-order chi connectivity index (χ1) is 13.5. The zero-order valence-electron chi connectivity index (χ0n) is 16.1. The van der Waals surface area contributed by atoms with Crippen LogP contribution in [0.5, 0.6) is 0 Å². The number of fused-ring (bicyclic) bond motifs is 1. The number of carbonyl (C=O) groups is 1. The zero-order chi connectivity index (χ0) is 20.0. The molecule has 1 aliphatic rings. The minimum Gasteiger partial charge on any atom is -0.464 e. The summed E-state index contributed by atoms with van der Waals surface area (Å²) in [5, 5.41) is 0. The average Bonchev–Trinajstić information content (AvgIpc) is 3.40. The van der Waals surface area contributed by atoms with Gasteiger partial charge in [0.15, 0.2) is 11.2 Å². The topological polar surface area (TPSA) is 88.1 Å². The Kier molecular flexibility index (Phi) is 4.41. The summed E-state index contributed by atoms with van der Waals surface area (Å²) >= 11 is 0. The molecule has 0 spiro atoms. The number of benzene rings is 1. The lowest BCUT2D eigenvalue weighted by atomic mass is 10.2. The Hall–Kier alpha value is -3.16. The van der Waals surface area contributed by atoms with Crippen molar-refractivity contribution in [1.82, 2.24) is 18.7 Å². The Morgan fingerprint density at radius 3 is 2.64 bits per heavy atom.